The first-order chi connectivity index (χ1) is 12.8. The third-order valence-corrected chi connectivity index (χ3v) is 4.49. The van der Waals surface area contributed by atoms with E-state index >= 15 is 0 Å². The molecule has 0 radical (unpaired) electrons. The second-order valence-electron chi connectivity index (χ2n) is 6.41. The first-order valence-corrected chi connectivity index (χ1v) is 8.88. The highest BCUT2D eigenvalue weighted by Crippen LogP contribution is 2.23. The van der Waals surface area contributed by atoms with Crippen LogP contribution in [0.1, 0.15) is 18.4 Å². The lowest BCUT2D eigenvalue weighted by Gasteiger charge is -2.14. The molecule has 2 aromatic carbocycles. The van der Waals surface area contributed by atoms with Crippen molar-refractivity contribution in [3.05, 3.63) is 59.9 Å². The van der Waals surface area contributed by atoms with E-state index in [2.05, 4.69) is 20.6 Å². The van der Waals surface area contributed by atoms with Crippen LogP contribution in [-0.4, -0.2) is 29.2 Å². The zero-order valence-corrected chi connectivity index (χ0v) is 14.4. The van der Waals surface area contributed by atoms with Gasteiger partial charge in [0.15, 0.2) is 0 Å². The minimum atomic E-state index is -0.240. The minimum Gasteiger partial charge on any atom is -0.376 e. The van der Waals surface area contributed by atoms with Crippen LogP contribution in [0.4, 0.5) is 16.2 Å². The Morgan fingerprint density at radius 3 is 2.69 bits per heavy atom. The molecule has 0 bridgehead atoms. The van der Waals surface area contributed by atoms with Crippen molar-refractivity contribution in [2.24, 2.45) is 0 Å². The van der Waals surface area contributed by atoms with Gasteiger partial charge in [-0.05, 0) is 42.7 Å². The molecule has 26 heavy (non-hydrogen) atoms. The Morgan fingerprint density at radius 1 is 1.04 bits per heavy atom. The molecule has 1 aromatic heterocycles. The van der Waals surface area contributed by atoms with E-state index in [1.807, 2.05) is 24.3 Å². The van der Waals surface area contributed by atoms with Crippen LogP contribution in [0.2, 0.25) is 0 Å². The van der Waals surface area contributed by atoms with E-state index in [-0.39, 0.29) is 11.9 Å². The van der Waals surface area contributed by atoms with Gasteiger partial charge < -0.3 is 15.4 Å². The standard InChI is InChI=1S/C20H21FN4O/c21-15-9-7-14(8-10-15)12-23-20-24-18-6-2-1-5-17(18)19(25-20)22-13-16-4-3-11-26-16/h1-2,5-10,16H,3-4,11-13H2,(H2,22,23,24,25). The van der Waals surface area contributed by atoms with Gasteiger partial charge >= 0.3 is 0 Å². The molecule has 1 aliphatic heterocycles. The second kappa shape index (κ2) is 7.66. The number of hydrogen-bond donors (Lipinski definition) is 2. The van der Waals surface area contributed by atoms with Crippen LogP contribution in [0.5, 0.6) is 0 Å². The Morgan fingerprint density at radius 2 is 1.88 bits per heavy atom. The Kier molecular flexibility index (Phi) is 4.93. The normalized spacial score (nSPS) is 16.7. The van der Waals surface area contributed by atoms with Crippen LogP contribution in [0.15, 0.2) is 48.5 Å². The van der Waals surface area contributed by atoms with Gasteiger partial charge in [0, 0.05) is 25.1 Å². The summed E-state index contributed by atoms with van der Waals surface area (Å²) in [6, 6.07) is 14.3. The predicted octanol–water partition coefficient (Wildman–Crippen LogP) is 3.97. The Labute approximate surface area is 151 Å². The van der Waals surface area contributed by atoms with E-state index in [4.69, 9.17) is 4.74 Å². The number of rotatable bonds is 6. The summed E-state index contributed by atoms with van der Waals surface area (Å²) in [5.74, 6) is 1.10. The molecule has 1 unspecified atom stereocenters. The predicted molar refractivity (Wildman–Crippen MR) is 101 cm³/mol. The number of para-hydroxylation sites is 1. The second-order valence-corrected chi connectivity index (χ2v) is 6.41. The zero-order valence-electron chi connectivity index (χ0n) is 14.4. The first-order valence-electron chi connectivity index (χ1n) is 8.88. The van der Waals surface area contributed by atoms with Gasteiger partial charge in [-0.25, -0.2) is 9.37 Å². The van der Waals surface area contributed by atoms with Crippen molar-refractivity contribution < 1.29 is 9.13 Å². The average Bonchev–Trinajstić information content (AvgIpc) is 3.19. The van der Waals surface area contributed by atoms with Crippen molar-refractivity contribution in [2.75, 3.05) is 23.8 Å². The molecule has 0 spiro atoms. The maximum atomic E-state index is 13.0. The van der Waals surface area contributed by atoms with Crippen LogP contribution >= 0.6 is 0 Å². The molecule has 5 nitrogen and oxygen atoms in total. The molecule has 3 aromatic rings. The lowest BCUT2D eigenvalue weighted by molar-refractivity contribution is 0.120. The maximum absolute atomic E-state index is 13.0. The summed E-state index contributed by atoms with van der Waals surface area (Å²) in [5, 5.41) is 7.62. The third kappa shape index (κ3) is 3.91. The molecule has 4 rings (SSSR count). The summed E-state index contributed by atoms with van der Waals surface area (Å²) in [6.07, 6.45) is 2.42. The molecule has 1 atom stereocenters. The van der Waals surface area contributed by atoms with Crippen molar-refractivity contribution in [2.45, 2.75) is 25.5 Å². The van der Waals surface area contributed by atoms with Gasteiger partial charge in [-0.15, -0.1) is 0 Å². The number of anilines is 2. The Hall–Kier alpha value is -2.73. The summed E-state index contributed by atoms with van der Waals surface area (Å²) < 4.78 is 18.7. The van der Waals surface area contributed by atoms with Gasteiger partial charge in [-0.3, -0.25) is 0 Å². The number of hydrogen-bond acceptors (Lipinski definition) is 5. The lowest BCUT2D eigenvalue weighted by atomic mass is 10.2. The number of halogens is 1. The number of fused-ring (bicyclic) bond motifs is 1. The third-order valence-electron chi connectivity index (χ3n) is 4.49. The van der Waals surface area contributed by atoms with Crippen LogP contribution in [-0.2, 0) is 11.3 Å². The highest BCUT2D eigenvalue weighted by molar-refractivity contribution is 5.90. The van der Waals surface area contributed by atoms with Gasteiger partial charge in [0.05, 0.1) is 11.6 Å². The molecule has 1 aliphatic rings. The van der Waals surface area contributed by atoms with Crippen molar-refractivity contribution in [3.63, 3.8) is 0 Å². The summed E-state index contributed by atoms with van der Waals surface area (Å²) in [4.78, 5) is 9.21. The molecule has 134 valence electrons. The summed E-state index contributed by atoms with van der Waals surface area (Å²) in [6.45, 7) is 2.10. The SMILES string of the molecule is Fc1ccc(CNc2nc(NCC3CCCO3)c3ccccc3n2)cc1. The van der Waals surface area contributed by atoms with E-state index in [0.717, 1.165) is 48.3 Å². The van der Waals surface area contributed by atoms with Crippen molar-refractivity contribution in [3.8, 4) is 0 Å². The Bertz CT molecular complexity index is 879. The zero-order chi connectivity index (χ0) is 17.8. The lowest BCUT2D eigenvalue weighted by Crippen LogP contribution is -2.19. The van der Waals surface area contributed by atoms with E-state index in [1.54, 1.807) is 12.1 Å². The van der Waals surface area contributed by atoms with E-state index < -0.39 is 0 Å². The van der Waals surface area contributed by atoms with Crippen molar-refractivity contribution in [1.29, 1.82) is 0 Å². The topological polar surface area (TPSA) is 59.1 Å². The smallest absolute Gasteiger partial charge is 0.225 e. The molecular weight excluding hydrogens is 331 g/mol. The molecule has 1 fully saturated rings. The monoisotopic (exact) mass is 352 g/mol. The van der Waals surface area contributed by atoms with Gasteiger partial charge in [0.2, 0.25) is 5.95 Å². The van der Waals surface area contributed by atoms with Crippen LogP contribution < -0.4 is 10.6 Å². The maximum Gasteiger partial charge on any atom is 0.225 e. The summed E-state index contributed by atoms with van der Waals surface area (Å²) >= 11 is 0. The average molecular weight is 352 g/mol. The highest BCUT2D eigenvalue weighted by Gasteiger charge is 2.16. The molecule has 6 heteroatoms. The quantitative estimate of drug-likeness (QED) is 0.703. The molecular formula is C20H21FN4O. The molecule has 2 N–H and O–H groups in total. The van der Waals surface area contributed by atoms with E-state index in [1.165, 1.54) is 12.1 Å². The number of nitrogens with zero attached hydrogens (tertiary/aromatic N) is 2. The van der Waals surface area contributed by atoms with Crippen LogP contribution in [0.3, 0.4) is 0 Å². The van der Waals surface area contributed by atoms with Crippen molar-refractivity contribution in [1.82, 2.24) is 9.97 Å². The molecule has 0 aliphatic carbocycles. The fourth-order valence-electron chi connectivity index (χ4n) is 3.09. The first kappa shape index (κ1) is 16.7. The number of aromatic nitrogens is 2. The van der Waals surface area contributed by atoms with Gasteiger partial charge in [-0.2, -0.15) is 4.98 Å². The largest absolute Gasteiger partial charge is 0.376 e. The van der Waals surface area contributed by atoms with Gasteiger partial charge in [0.1, 0.15) is 11.6 Å². The number of benzene rings is 2. The van der Waals surface area contributed by atoms with Crippen LogP contribution in [0.25, 0.3) is 10.9 Å². The molecule has 2 heterocycles. The van der Waals surface area contributed by atoms with Gasteiger partial charge in [0.25, 0.3) is 0 Å². The Balaban J connectivity index is 1.53. The summed E-state index contributed by atoms with van der Waals surface area (Å²) in [5.41, 5.74) is 1.84. The number of nitrogens with one attached hydrogen (secondary N) is 2. The van der Waals surface area contributed by atoms with Gasteiger partial charge in [-0.1, -0.05) is 24.3 Å². The molecule has 0 amide bonds. The highest BCUT2D eigenvalue weighted by atomic mass is 19.1. The summed E-state index contributed by atoms with van der Waals surface area (Å²) in [7, 11) is 0. The van der Waals surface area contributed by atoms with E-state index in [0.29, 0.717) is 12.5 Å². The minimum absolute atomic E-state index is 0.236. The number of ether oxygens (including phenoxy) is 1. The van der Waals surface area contributed by atoms with Crippen molar-refractivity contribution >= 4 is 22.7 Å². The molecule has 1 saturated heterocycles. The van der Waals surface area contributed by atoms with Crippen LogP contribution in [0, 0.1) is 5.82 Å². The fourth-order valence-corrected chi connectivity index (χ4v) is 3.09. The van der Waals surface area contributed by atoms with E-state index in [9.17, 15) is 4.39 Å². The fraction of sp³-hybridized carbons (Fsp3) is 0.300. The molecule has 0 saturated carbocycles.